The van der Waals surface area contributed by atoms with E-state index in [1.54, 1.807) is 12.1 Å². The predicted molar refractivity (Wildman–Crippen MR) is 96.5 cm³/mol. The lowest BCUT2D eigenvalue weighted by molar-refractivity contribution is 0.306. The molecule has 0 fully saturated rings. The molecular weight excluding hydrogens is 308 g/mol. The maximum Gasteiger partial charge on any atom is 0.119 e. The van der Waals surface area contributed by atoms with Gasteiger partial charge in [0.15, 0.2) is 0 Å². The largest absolute Gasteiger partial charge is 0.508 e. The third-order valence-corrected chi connectivity index (χ3v) is 5.23. The highest BCUT2D eigenvalue weighted by atomic mass is 35.5. The maximum atomic E-state index is 9.87. The highest BCUT2D eigenvalue weighted by Crippen LogP contribution is 2.46. The Balaban J connectivity index is 2.56. The molecule has 0 aliphatic rings. The van der Waals surface area contributed by atoms with Gasteiger partial charge in [0.2, 0.25) is 0 Å². The first-order valence-corrected chi connectivity index (χ1v) is 8.39. The number of phenols is 2. The van der Waals surface area contributed by atoms with Gasteiger partial charge >= 0.3 is 0 Å². The first-order chi connectivity index (χ1) is 10.7. The second-order valence-corrected chi connectivity index (χ2v) is 7.57. The van der Waals surface area contributed by atoms with E-state index in [1.807, 2.05) is 25.1 Å². The molecule has 0 bridgehead atoms. The molecule has 0 heterocycles. The molecule has 0 amide bonds. The molecule has 0 radical (unpaired) electrons. The molecule has 2 nitrogen and oxygen atoms in total. The molecule has 124 valence electrons. The minimum absolute atomic E-state index is 0.00499. The molecule has 2 aromatic carbocycles. The van der Waals surface area contributed by atoms with Crippen molar-refractivity contribution in [3.05, 3.63) is 59.7 Å². The molecule has 3 heteroatoms. The van der Waals surface area contributed by atoms with Crippen LogP contribution in [-0.2, 0) is 5.41 Å². The van der Waals surface area contributed by atoms with Crippen LogP contribution in [-0.4, -0.2) is 15.6 Å². The highest BCUT2D eigenvalue weighted by molar-refractivity contribution is 6.20. The van der Waals surface area contributed by atoms with E-state index < -0.39 is 0 Å². The molecule has 0 aliphatic heterocycles. The Morgan fingerprint density at radius 3 is 1.91 bits per heavy atom. The van der Waals surface area contributed by atoms with Crippen LogP contribution in [0.1, 0.15) is 44.7 Å². The molecule has 2 unspecified atom stereocenters. The van der Waals surface area contributed by atoms with Crippen molar-refractivity contribution >= 4 is 11.6 Å². The monoisotopic (exact) mass is 332 g/mol. The third-order valence-electron chi connectivity index (χ3n) is 4.83. The second-order valence-electron chi connectivity index (χ2n) is 6.88. The number of alkyl halides is 1. The van der Waals surface area contributed by atoms with Crippen molar-refractivity contribution in [1.29, 1.82) is 0 Å². The SMILES string of the molecule is CC(C(c1ccccc1)C(C)(C)c1cc(O)cc(O)c1)[C@@H](C)Cl. The predicted octanol–water partition coefficient (Wildman–Crippen LogP) is 5.42. The van der Waals surface area contributed by atoms with Crippen molar-refractivity contribution in [3.63, 3.8) is 0 Å². The molecule has 3 atom stereocenters. The minimum Gasteiger partial charge on any atom is -0.508 e. The fourth-order valence-electron chi connectivity index (χ4n) is 3.45. The fraction of sp³-hybridized carbons (Fsp3) is 0.400. The maximum absolute atomic E-state index is 9.87. The van der Waals surface area contributed by atoms with E-state index in [0.717, 1.165) is 5.56 Å². The van der Waals surface area contributed by atoms with Crippen LogP contribution in [0.15, 0.2) is 48.5 Å². The lowest BCUT2D eigenvalue weighted by atomic mass is 9.65. The van der Waals surface area contributed by atoms with Crippen LogP contribution in [0.2, 0.25) is 0 Å². The van der Waals surface area contributed by atoms with E-state index in [-0.39, 0.29) is 34.1 Å². The number of benzene rings is 2. The van der Waals surface area contributed by atoms with Gasteiger partial charge in [-0.2, -0.15) is 0 Å². The summed E-state index contributed by atoms with van der Waals surface area (Å²) in [5, 5.41) is 19.7. The Labute approximate surface area is 143 Å². The summed E-state index contributed by atoms with van der Waals surface area (Å²) < 4.78 is 0. The van der Waals surface area contributed by atoms with Crippen molar-refractivity contribution < 1.29 is 10.2 Å². The average Bonchev–Trinajstić information content (AvgIpc) is 2.47. The summed E-state index contributed by atoms with van der Waals surface area (Å²) in [6, 6.07) is 15.1. The first kappa shape index (κ1) is 17.7. The van der Waals surface area contributed by atoms with Crippen LogP contribution in [0.3, 0.4) is 0 Å². The number of hydrogen-bond donors (Lipinski definition) is 2. The van der Waals surface area contributed by atoms with Crippen molar-refractivity contribution in [2.45, 2.75) is 44.4 Å². The topological polar surface area (TPSA) is 40.5 Å². The van der Waals surface area contributed by atoms with Gasteiger partial charge in [-0.25, -0.2) is 0 Å². The molecule has 0 saturated heterocycles. The minimum atomic E-state index is -0.305. The Kier molecular flexibility index (Phi) is 5.26. The van der Waals surface area contributed by atoms with Gasteiger partial charge < -0.3 is 10.2 Å². The molecule has 2 aromatic rings. The number of halogens is 1. The van der Waals surface area contributed by atoms with Gasteiger partial charge in [0, 0.05) is 11.4 Å². The summed E-state index contributed by atoms with van der Waals surface area (Å²) in [5.41, 5.74) is 1.80. The summed E-state index contributed by atoms with van der Waals surface area (Å²) in [7, 11) is 0. The average molecular weight is 333 g/mol. The highest BCUT2D eigenvalue weighted by Gasteiger charge is 2.38. The number of rotatable bonds is 5. The van der Waals surface area contributed by atoms with E-state index >= 15 is 0 Å². The standard InChI is InChI=1S/C20H25ClO2/c1-13(14(2)21)19(15-8-6-5-7-9-15)20(3,4)16-10-17(22)12-18(23)11-16/h5-14,19,22-23H,1-4H3/t13?,14-,19?/m1/s1. The van der Waals surface area contributed by atoms with Gasteiger partial charge in [-0.05, 0) is 47.4 Å². The lowest BCUT2D eigenvalue weighted by Crippen LogP contribution is -2.34. The van der Waals surface area contributed by atoms with Crippen molar-refractivity contribution in [2.75, 3.05) is 0 Å². The Hall–Kier alpha value is -1.67. The first-order valence-electron chi connectivity index (χ1n) is 7.96. The summed E-state index contributed by atoms with van der Waals surface area (Å²) in [6.07, 6.45) is 0. The van der Waals surface area contributed by atoms with Crippen LogP contribution >= 0.6 is 11.6 Å². The lowest BCUT2D eigenvalue weighted by Gasteiger charge is -2.40. The molecule has 0 spiro atoms. The quantitative estimate of drug-likeness (QED) is 0.717. The van der Waals surface area contributed by atoms with Crippen LogP contribution in [0.25, 0.3) is 0 Å². The molecular formula is C20H25ClO2. The van der Waals surface area contributed by atoms with Crippen LogP contribution in [0.5, 0.6) is 11.5 Å². The Morgan fingerprint density at radius 2 is 1.43 bits per heavy atom. The normalized spacial score (nSPS) is 15.9. The van der Waals surface area contributed by atoms with E-state index in [9.17, 15) is 10.2 Å². The zero-order valence-corrected chi connectivity index (χ0v) is 14.9. The van der Waals surface area contributed by atoms with Crippen LogP contribution in [0.4, 0.5) is 0 Å². The number of phenolic OH excluding ortho intramolecular Hbond substituents is 2. The van der Waals surface area contributed by atoms with E-state index in [2.05, 4.69) is 32.9 Å². The summed E-state index contributed by atoms with van der Waals surface area (Å²) >= 11 is 6.43. The Bertz CT molecular complexity index is 630. The molecule has 0 aliphatic carbocycles. The molecule has 23 heavy (non-hydrogen) atoms. The second kappa shape index (κ2) is 6.84. The number of aromatic hydroxyl groups is 2. The van der Waals surface area contributed by atoms with Gasteiger partial charge in [0.05, 0.1) is 0 Å². The van der Waals surface area contributed by atoms with Gasteiger partial charge in [0.1, 0.15) is 11.5 Å². The van der Waals surface area contributed by atoms with Crippen molar-refractivity contribution in [2.24, 2.45) is 5.92 Å². The van der Waals surface area contributed by atoms with Gasteiger partial charge in [0.25, 0.3) is 0 Å². The van der Waals surface area contributed by atoms with E-state index in [1.165, 1.54) is 11.6 Å². The molecule has 2 N–H and O–H groups in total. The summed E-state index contributed by atoms with van der Waals surface area (Å²) in [5.74, 6) is 0.522. The molecule has 0 saturated carbocycles. The molecule has 0 aromatic heterocycles. The summed E-state index contributed by atoms with van der Waals surface area (Å²) in [6.45, 7) is 8.43. The summed E-state index contributed by atoms with van der Waals surface area (Å²) in [4.78, 5) is 0. The molecule has 2 rings (SSSR count). The fourth-order valence-corrected chi connectivity index (χ4v) is 3.60. The Morgan fingerprint density at radius 1 is 0.913 bits per heavy atom. The van der Waals surface area contributed by atoms with Crippen molar-refractivity contribution in [3.8, 4) is 11.5 Å². The van der Waals surface area contributed by atoms with Gasteiger partial charge in [-0.3, -0.25) is 0 Å². The zero-order valence-electron chi connectivity index (χ0n) is 14.1. The van der Waals surface area contributed by atoms with Gasteiger partial charge in [-0.1, -0.05) is 51.1 Å². The van der Waals surface area contributed by atoms with E-state index in [4.69, 9.17) is 11.6 Å². The third kappa shape index (κ3) is 3.81. The van der Waals surface area contributed by atoms with E-state index in [0.29, 0.717) is 0 Å². The smallest absolute Gasteiger partial charge is 0.119 e. The van der Waals surface area contributed by atoms with Crippen molar-refractivity contribution in [1.82, 2.24) is 0 Å². The van der Waals surface area contributed by atoms with Gasteiger partial charge in [-0.15, -0.1) is 11.6 Å². The number of hydrogen-bond acceptors (Lipinski definition) is 2. The van der Waals surface area contributed by atoms with Crippen LogP contribution in [0, 0.1) is 5.92 Å². The van der Waals surface area contributed by atoms with Crippen LogP contribution < -0.4 is 0 Å². The zero-order chi connectivity index (χ0) is 17.2.